The zero-order valence-corrected chi connectivity index (χ0v) is 11.3. The number of anilines is 1. The Hall–Kier alpha value is -1.17. The summed E-state index contributed by atoms with van der Waals surface area (Å²) < 4.78 is 0. The largest absolute Gasteiger partial charge is 0.389 e. The zero-order valence-electron chi connectivity index (χ0n) is 10.6. The first-order valence-electron chi connectivity index (χ1n) is 6.27. The fourth-order valence-corrected chi connectivity index (χ4v) is 2.32. The quantitative estimate of drug-likeness (QED) is 0.825. The summed E-state index contributed by atoms with van der Waals surface area (Å²) in [6.45, 7) is 3.27. The van der Waals surface area contributed by atoms with Crippen molar-refractivity contribution in [2.75, 3.05) is 18.0 Å². The molecule has 0 saturated heterocycles. The van der Waals surface area contributed by atoms with Gasteiger partial charge in [-0.15, -0.1) is 6.42 Å². The van der Waals surface area contributed by atoms with Crippen LogP contribution in [0.5, 0.6) is 0 Å². The molecule has 2 rings (SSSR count). The van der Waals surface area contributed by atoms with Crippen molar-refractivity contribution in [2.24, 2.45) is 5.92 Å². The molecular weight excluding hydrogens is 246 g/mol. The summed E-state index contributed by atoms with van der Waals surface area (Å²) >= 11 is 6.29. The molecule has 0 bridgehead atoms. The fraction of sp³-hybridized carbons (Fsp3) is 0.467. The van der Waals surface area contributed by atoms with Crippen LogP contribution in [0.2, 0.25) is 5.02 Å². The van der Waals surface area contributed by atoms with Crippen molar-refractivity contribution in [1.29, 1.82) is 0 Å². The molecule has 0 heterocycles. The van der Waals surface area contributed by atoms with Gasteiger partial charge in [-0.25, -0.2) is 0 Å². The highest BCUT2D eigenvalue weighted by molar-refractivity contribution is 6.33. The van der Waals surface area contributed by atoms with E-state index in [0.29, 0.717) is 11.6 Å². The Kier molecular flexibility index (Phi) is 4.16. The van der Waals surface area contributed by atoms with Crippen LogP contribution in [-0.2, 0) is 0 Å². The number of halogens is 1. The molecule has 0 aliphatic heterocycles. The van der Waals surface area contributed by atoms with Crippen LogP contribution in [-0.4, -0.2) is 18.2 Å². The predicted octanol–water partition coefficient (Wildman–Crippen LogP) is 3.24. The number of rotatable bonds is 5. The normalized spacial score (nSPS) is 16.1. The van der Waals surface area contributed by atoms with E-state index in [9.17, 15) is 5.11 Å². The minimum Gasteiger partial charge on any atom is -0.389 e. The van der Waals surface area contributed by atoms with E-state index in [1.807, 2.05) is 18.2 Å². The lowest BCUT2D eigenvalue weighted by Gasteiger charge is -2.24. The lowest BCUT2D eigenvalue weighted by molar-refractivity contribution is 0.199. The van der Waals surface area contributed by atoms with Gasteiger partial charge in [-0.1, -0.05) is 23.6 Å². The van der Waals surface area contributed by atoms with Gasteiger partial charge in [0.15, 0.2) is 0 Å². The van der Waals surface area contributed by atoms with Gasteiger partial charge in [0.1, 0.15) is 0 Å². The van der Waals surface area contributed by atoms with Crippen molar-refractivity contribution in [3.05, 3.63) is 28.8 Å². The molecular formula is C15H18ClNO. The minimum absolute atomic E-state index is 0.499. The Morgan fingerprint density at radius 3 is 2.78 bits per heavy atom. The Bertz CT molecular complexity index is 460. The van der Waals surface area contributed by atoms with E-state index >= 15 is 0 Å². The number of hydrogen-bond acceptors (Lipinski definition) is 2. The van der Waals surface area contributed by atoms with E-state index in [0.717, 1.165) is 23.7 Å². The Labute approximate surface area is 114 Å². The van der Waals surface area contributed by atoms with Gasteiger partial charge in [0, 0.05) is 6.54 Å². The molecule has 0 amide bonds. The summed E-state index contributed by atoms with van der Waals surface area (Å²) in [6, 6.07) is 5.67. The molecule has 1 fully saturated rings. The van der Waals surface area contributed by atoms with Crippen LogP contribution in [0.15, 0.2) is 18.2 Å². The van der Waals surface area contributed by atoms with Crippen molar-refractivity contribution in [2.45, 2.75) is 25.9 Å². The number of aliphatic hydroxyl groups excluding tert-OH is 1. The van der Waals surface area contributed by atoms with Crippen LogP contribution < -0.4 is 4.90 Å². The predicted molar refractivity (Wildman–Crippen MR) is 75.9 cm³/mol. The highest BCUT2D eigenvalue weighted by atomic mass is 35.5. The molecule has 18 heavy (non-hydrogen) atoms. The molecule has 1 aromatic carbocycles. The van der Waals surface area contributed by atoms with Gasteiger partial charge < -0.3 is 10.0 Å². The van der Waals surface area contributed by atoms with Crippen molar-refractivity contribution < 1.29 is 5.11 Å². The second-order valence-electron chi connectivity index (χ2n) is 4.91. The molecule has 96 valence electrons. The number of nitrogens with zero attached hydrogens (tertiary/aromatic N) is 1. The van der Waals surface area contributed by atoms with Gasteiger partial charge in [-0.3, -0.25) is 0 Å². The topological polar surface area (TPSA) is 23.5 Å². The summed E-state index contributed by atoms with van der Waals surface area (Å²) in [5.41, 5.74) is 1.79. The van der Waals surface area contributed by atoms with Crippen LogP contribution >= 0.6 is 11.6 Å². The van der Waals surface area contributed by atoms with Crippen LogP contribution in [0.25, 0.3) is 0 Å². The lowest BCUT2D eigenvalue weighted by Crippen LogP contribution is -2.26. The van der Waals surface area contributed by atoms with E-state index in [1.165, 1.54) is 12.8 Å². The second-order valence-corrected chi connectivity index (χ2v) is 5.32. The van der Waals surface area contributed by atoms with E-state index in [1.54, 1.807) is 6.92 Å². The minimum atomic E-state index is -0.499. The molecule has 0 spiro atoms. The highest BCUT2D eigenvalue weighted by Gasteiger charge is 2.25. The smallest absolute Gasteiger partial charge is 0.0792 e. The Morgan fingerprint density at radius 1 is 1.56 bits per heavy atom. The molecule has 0 aromatic heterocycles. The van der Waals surface area contributed by atoms with Crippen molar-refractivity contribution in [1.82, 2.24) is 0 Å². The van der Waals surface area contributed by atoms with Crippen molar-refractivity contribution >= 4 is 17.3 Å². The molecule has 1 aliphatic rings. The standard InChI is InChI=1S/C15H18ClNO/c1-3-8-17(10-12-4-5-12)15-7-6-13(11(2)18)9-14(15)16/h1,6-7,9,11-12,18H,4-5,8,10H2,2H3/t11-/m0/s1. The maximum absolute atomic E-state index is 9.53. The number of terminal acetylenes is 1. The molecule has 1 aromatic rings. The molecule has 0 unspecified atom stereocenters. The maximum Gasteiger partial charge on any atom is 0.0792 e. The molecule has 1 aliphatic carbocycles. The van der Waals surface area contributed by atoms with Gasteiger partial charge in [-0.05, 0) is 43.4 Å². The highest BCUT2D eigenvalue weighted by Crippen LogP contribution is 2.34. The monoisotopic (exact) mass is 263 g/mol. The average Bonchev–Trinajstić information content (AvgIpc) is 3.12. The lowest BCUT2D eigenvalue weighted by atomic mass is 10.1. The van der Waals surface area contributed by atoms with Gasteiger partial charge in [-0.2, -0.15) is 0 Å². The van der Waals surface area contributed by atoms with Crippen LogP contribution in [0.3, 0.4) is 0 Å². The summed E-state index contributed by atoms with van der Waals surface area (Å²) in [5.74, 6) is 3.44. The molecule has 0 radical (unpaired) electrons. The fourth-order valence-electron chi connectivity index (χ4n) is 2.01. The Balaban J connectivity index is 2.20. The number of benzene rings is 1. The van der Waals surface area contributed by atoms with E-state index < -0.39 is 6.10 Å². The molecule has 2 nitrogen and oxygen atoms in total. The Morgan fingerprint density at radius 2 is 2.28 bits per heavy atom. The third-order valence-corrected chi connectivity index (χ3v) is 3.56. The number of hydrogen-bond donors (Lipinski definition) is 1. The van der Waals surface area contributed by atoms with Gasteiger partial charge in [0.25, 0.3) is 0 Å². The SMILES string of the molecule is C#CCN(CC1CC1)c1ccc([C@H](C)O)cc1Cl. The molecule has 1 atom stereocenters. The molecule has 1 N–H and O–H groups in total. The first kappa shape index (κ1) is 13.3. The first-order valence-corrected chi connectivity index (χ1v) is 6.65. The van der Waals surface area contributed by atoms with E-state index in [-0.39, 0.29) is 0 Å². The van der Waals surface area contributed by atoms with Gasteiger partial charge >= 0.3 is 0 Å². The van der Waals surface area contributed by atoms with Gasteiger partial charge in [0.2, 0.25) is 0 Å². The second kappa shape index (κ2) is 5.65. The summed E-state index contributed by atoms with van der Waals surface area (Å²) in [6.07, 6.45) is 7.48. The number of aliphatic hydroxyl groups is 1. The van der Waals surface area contributed by atoms with Gasteiger partial charge in [0.05, 0.1) is 23.4 Å². The van der Waals surface area contributed by atoms with Crippen molar-refractivity contribution in [3.63, 3.8) is 0 Å². The summed E-state index contributed by atoms with van der Waals surface area (Å²) in [7, 11) is 0. The maximum atomic E-state index is 9.53. The van der Waals surface area contributed by atoms with Crippen LogP contribution in [0.1, 0.15) is 31.4 Å². The zero-order chi connectivity index (χ0) is 13.1. The van der Waals surface area contributed by atoms with Crippen molar-refractivity contribution in [3.8, 4) is 12.3 Å². The third-order valence-electron chi connectivity index (χ3n) is 3.25. The molecule has 3 heteroatoms. The molecule has 1 saturated carbocycles. The summed E-state index contributed by atoms with van der Waals surface area (Å²) in [4.78, 5) is 2.14. The third kappa shape index (κ3) is 3.19. The van der Waals surface area contributed by atoms with Crippen LogP contribution in [0.4, 0.5) is 5.69 Å². The van der Waals surface area contributed by atoms with E-state index in [4.69, 9.17) is 18.0 Å². The summed E-state index contributed by atoms with van der Waals surface area (Å²) in [5, 5.41) is 10.2. The van der Waals surface area contributed by atoms with Crippen LogP contribution in [0, 0.1) is 18.3 Å². The average molecular weight is 264 g/mol. The van der Waals surface area contributed by atoms with E-state index in [2.05, 4.69) is 10.8 Å². The first-order chi connectivity index (χ1) is 8.61.